The third kappa shape index (κ3) is 4.75. The molecular weight excluding hydrogens is 212 g/mol. The fourth-order valence-electron chi connectivity index (χ4n) is 1.85. The fraction of sp³-hybridized carbons (Fsp3) is 0.571. The Kier molecular flexibility index (Phi) is 5.45. The van der Waals surface area contributed by atoms with Crippen LogP contribution in [0.15, 0.2) is 24.3 Å². The predicted molar refractivity (Wildman–Crippen MR) is 72.8 cm³/mol. The van der Waals surface area contributed by atoms with Gasteiger partial charge < -0.3 is 15.7 Å². The number of anilines is 1. The molecule has 0 spiro atoms. The largest absolute Gasteiger partial charge is 0.399 e. The molecule has 1 aromatic rings. The summed E-state index contributed by atoms with van der Waals surface area (Å²) in [5, 5.41) is 10.1. The number of nitrogens with zero attached hydrogens (tertiary/aromatic N) is 1. The zero-order valence-electron chi connectivity index (χ0n) is 11.1. The Balaban J connectivity index is 2.48. The van der Waals surface area contributed by atoms with Gasteiger partial charge in [0.1, 0.15) is 0 Å². The third-order valence-electron chi connectivity index (χ3n) is 3.13. The molecule has 0 saturated carbocycles. The van der Waals surface area contributed by atoms with Crippen LogP contribution in [0.1, 0.15) is 31.9 Å². The molecule has 0 heterocycles. The maximum atomic E-state index is 10.1. The van der Waals surface area contributed by atoms with Crippen LogP contribution in [0.5, 0.6) is 0 Å². The number of hydrogen-bond acceptors (Lipinski definition) is 3. The van der Waals surface area contributed by atoms with Crippen molar-refractivity contribution in [1.82, 2.24) is 4.90 Å². The highest BCUT2D eigenvalue weighted by atomic mass is 16.3. The van der Waals surface area contributed by atoms with E-state index in [1.807, 2.05) is 31.3 Å². The van der Waals surface area contributed by atoms with E-state index >= 15 is 0 Å². The standard InChI is InChI=1S/C14H24N2O/c1-4-11(2)9-16(3)10-14(17)12-5-7-13(15)8-6-12/h5-8,11,14,17H,4,9-10,15H2,1-3H3. The van der Waals surface area contributed by atoms with Gasteiger partial charge in [-0.25, -0.2) is 0 Å². The molecule has 0 aliphatic carbocycles. The number of aliphatic hydroxyl groups excluding tert-OH is 1. The minimum atomic E-state index is -0.440. The Morgan fingerprint density at radius 2 is 1.82 bits per heavy atom. The van der Waals surface area contributed by atoms with Gasteiger partial charge in [-0.15, -0.1) is 0 Å². The molecule has 0 bridgehead atoms. The van der Waals surface area contributed by atoms with E-state index in [2.05, 4.69) is 18.7 Å². The summed E-state index contributed by atoms with van der Waals surface area (Å²) in [5.41, 5.74) is 7.28. The Labute approximate surface area is 104 Å². The highest BCUT2D eigenvalue weighted by Crippen LogP contribution is 2.16. The average molecular weight is 236 g/mol. The maximum Gasteiger partial charge on any atom is 0.0916 e. The molecule has 0 fully saturated rings. The van der Waals surface area contributed by atoms with Crippen LogP contribution in [0.25, 0.3) is 0 Å². The van der Waals surface area contributed by atoms with Crippen molar-refractivity contribution in [2.75, 3.05) is 25.9 Å². The lowest BCUT2D eigenvalue weighted by molar-refractivity contribution is 0.119. The molecule has 17 heavy (non-hydrogen) atoms. The van der Waals surface area contributed by atoms with E-state index in [4.69, 9.17) is 5.73 Å². The van der Waals surface area contributed by atoms with Crippen molar-refractivity contribution in [1.29, 1.82) is 0 Å². The lowest BCUT2D eigenvalue weighted by Gasteiger charge is -2.23. The summed E-state index contributed by atoms with van der Waals surface area (Å²) in [6.07, 6.45) is 0.729. The van der Waals surface area contributed by atoms with Gasteiger partial charge >= 0.3 is 0 Å². The van der Waals surface area contributed by atoms with Crippen LogP contribution in [0.3, 0.4) is 0 Å². The molecule has 2 atom stereocenters. The first-order valence-corrected chi connectivity index (χ1v) is 6.25. The average Bonchev–Trinajstić information content (AvgIpc) is 2.29. The minimum absolute atomic E-state index is 0.440. The van der Waals surface area contributed by atoms with Gasteiger partial charge in [0.05, 0.1) is 6.10 Å². The second kappa shape index (κ2) is 6.62. The molecule has 96 valence electrons. The molecule has 2 unspecified atom stereocenters. The number of likely N-dealkylation sites (N-methyl/N-ethyl adjacent to an activating group) is 1. The van der Waals surface area contributed by atoms with E-state index in [1.165, 1.54) is 6.42 Å². The highest BCUT2D eigenvalue weighted by molar-refractivity contribution is 5.39. The van der Waals surface area contributed by atoms with Crippen LogP contribution in [0.2, 0.25) is 0 Å². The maximum absolute atomic E-state index is 10.1. The first-order valence-electron chi connectivity index (χ1n) is 6.25. The summed E-state index contributed by atoms with van der Waals surface area (Å²) in [6, 6.07) is 7.43. The highest BCUT2D eigenvalue weighted by Gasteiger charge is 2.12. The van der Waals surface area contributed by atoms with E-state index < -0.39 is 6.10 Å². The van der Waals surface area contributed by atoms with Crippen LogP contribution in [-0.4, -0.2) is 30.1 Å². The number of rotatable bonds is 6. The van der Waals surface area contributed by atoms with E-state index in [1.54, 1.807) is 0 Å². The molecule has 1 aromatic carbocycles. The Bertz CT molecular complexity index is 323. The molecule has 0 amide bonds. The normalized spacial score (nSPS) is 14.9. The van der Waals surface area contributed by atoms with Crippen molar-refractivity contribution in [2.45, 2.75) is 26.4 Å². The minimum Gasteiger partial charge on any atom is -0.399 e. The molecule has 3 heteroatoms. The van der Waals surface area contributed by atoms with Gasteiger partial charge in [0.15, 0.2) is 0 Å². The van der Waals surface area contributed by atoms with Crippen molar-refractivity contribution in [2.24, 2.45) is 5.92 Å². The van der Waals surface area contributed by atoms with Gasteiger partial charge in [-0.3, -0.25) is 0 Å². The molecule has 0 aliphatic heterocycles. The summed E-state index contributed by atoms with van der Waals surface area (Å²) >= 11 is 0. The van der Waals surface area contributed by atoms with Crippen LogP contribution >= 0.6 is 0 Å². The monoisotopic (exact) mass is 236 g/mol. The topological polar surface area (TPSA) is 49.5 Å². The van der Waals surface area contributed by atoms with Gasteiger partial charge in [-0.2, -0.15) is 0 Å². The van der Waals surface area contributed by atoms with Crippen LogP contribution in [-0.2, 0) is 0 Å². The van der Waals surface area contributed by atoms with E-state index in [0.717, 1.165) is 17.8 Å². The van der Waals surface area contributed by atoms with Gasteiger partial charge in [0, 0.05) is 18.8 Å². The Hall–Kier alpha value is -1.06. The second-order valence-electron chi connectivity index (χ2n) is 4.92. The summed E-state index contributed by atoms with van der Waals surface area (Å²) in [5.74, 6) is 0.665. The van der Waals surface area contributed by atoms with Crippen molar-refractivity contribution >= 4 is 5.69 Å². The number of hydrogen-bond donors (Lipinski definition) is 2. The SMILES string of the molecule is CCC(C)CN(C)CC(O)c1ccc(N)cc1. The zero-order valence-corrected chi connectivity index (χ0v) is 11.1. The van der Waals surface area contributed by atoms with E-state index in [9.17, 15) is 5.11 Å². The number of benzene rings is 1. The summed E-state index contributed by atoms with van der Waals surface area (Å²) in [6.45, 7) is 6.10. The first-order chi connectivity index (χ1) is 8.02. The van der Waals surface area contributed by atoms with E-state index in [0.29, 0.717) is 12.5 Å². The number of nitrogens with two attached hydrogens (primary N) is 1. The predicted octanol–water partition coefficient (Wildman–Crippen LogP) is 2.28. The van der Waals surface area contributed by atoms with Crippen LogP contribution < -0.4 is 5.73 Å². The molecule has 3 nitrogen and oxygen atoms in total. The smallest absolute Gasteiger partial charge is 0.0916 e. The van der Waals surface area contributed by atoms with Crippen LogP contribution in [0.4, 0.5) is 5.69 Å². The molecular formula is C14H24N2O. The van der Waals surface area contributed by atoms with Crippen molar-refractivity contribution < 1.29 is 5.11 Å². The lowest BCUT2D eigenvalue weighted by atomic mass is 10.1. The van der Waals surface area contributed by atoms with Crippen LogP contribution in [0, 0.1) is 5.92 Å². The summed E-state index contributed by atoms with van der Waals surface area (Å²) in [7, 11) is 2.05. The molecule has 0 aromatic heterocycles. The molecule has 0 radical (unpaired) electrons. The molecule has 1 rings (SSSR count). The summed E-state index contributed by atoms with van der Waals surface area (Å²) in [4.78, 5) is 2.18. The summed E-state index contributed by atoms with van der Waals surface area (Å²) < 4.78 is 0. The fourth-order valence-corrected chi connectivity index (χ4v) is 1.85. The van der Waals surface area contributed by atoms with E-state index in [-0.39, 0.29) is 0 Å². The van der Waals surface area contributed by atoms with Gasteiger partial charge in [0.25, 0.3) is 0 Å². The second-order valence-corrected chi connectivity index (χ2v) is 4.92. The Morgan fingerprint density at radius 1 is 1.24 bits per heavy atom. The van der Waals surface area contributed by atoms with Gasteiger partial charge in [-0.1, -0.05) is 32.4 Å². The van der Waals surface area contributed by atoms with Crippen molar-refractivity contribution in [3.63, 3.8) is 0 Å². The quantitative estimate of drug-likeness (QED) is 0.745. The number of nitrogen functional groups attached to an aromatic ring is 1. The third-order valence-corrected chi connectivity index (χ3v) is 3.13. The number of aliphatic hydroxyl groups is 1. The van der Waals surface area contributed by atoms with Gasteiger partial charge in [0.2, 0.25) is 0 Å². The molecule has 3 N–H and O–H groups in total. The van der Waals surface area contributed by atoms with Crippen molar-refractivity contribution in [3.05, 3.63) is 29.8 Å². The molecule has 0 aliphatic rings. The van der Waals surface area contributed by atoms with Crippen molar-refractivity contribution in [3.8, 4) is 0 Å². The molecule has 0 saturated heterocycles. The Morgan fingerprint density at radius 3 is 2.35 bits per heavy atom. The zero-order chi connectivity index (χ0) is 12.8. The first kappa shape index (κ1) is 14.0. The lowest BCUT2D eigenvalue weighted by Crippen LogP contribution is -2.28. The van der Waals surface area contributed by atoms with Gasteiger partial charge in [-0.05, 0) is 30.7 Å².